The molecule has 2 rings (SSSR count). The lowest BCUT2D eigenvalue weighted by Gasteiger charge is -2.41. The summed E-state index contributed by atoms with van der Waals surface area (Å²) in [4.78, 5) is 16.7. The van der Waals surface area contributed by atoms with Crippen molar-refractivity contribution in [1.82, 2.24) is 9.80 Å². The molecule has 2 aliphatic rings. The highest BCUT2D eigenvalue weighted by molar-refractivity contribution is 5.72. The zero-order valence-electron chi connectivity index (χ0n) is 11.7. The van der Waals surface area contributed by atoms with E-state index < -0.39 is 0 Å². The van der Waals surface area contributed by atoms with Crippen LogP contribution in [-0.4, -0.2) is 61.6 Å². The lowest BCUT2D eigenvalue weighted by Crippen LogP contribution is -2.49. The molecule has 2 saturated heterocycles. The zero-order valence-corrected chi connectivity index (χ0v) is 11.7. The van der Waals surface area contributed by atoms with Gasteiger partial charge in [0.25, 0.3) is 0 Å². The second-order valence-corrected chi connectivity index (χ2v) is 5.62. The summed E-state index contributed by atoms with van der Waals surface area (Å²) in [5.41, 5.74) is 0. The lowest BCUT2D eigenvalue weighted by molar-refractivity contribution is -0.150. The van der Waals surface area contributed by atoms with Crippen LogP contribution in [0.2, 0.25) is 0 Å². The van der Waals surface area contributed by atoms with Crippen molar-refractivity contribution in [3.05, 3.63) is 0 Å². The van der Waals surface area contributed by atoms with Crippen LogP contribution in [0.3, 0.4) is 0 Å². The van der Waals surface area contributed by atoms with E-state index in [2.05, 4.69) is 16.8 Å². The van der Waals surface area contributed by atoms with Crippen LogP contribution in [0.5, 0.6) is 0 Å². The quantitative estimate of drug-likeness (QED) is 0.712. The molecule has 1 atom stereocenters. The Hall–Kier alpha value is -0.610. The van der Waals surface area contributed by atoms with Gasteiger partial charge in [-0.2, -0.15) is 0 Å². The van der Waals surface area contributed by atoms with Crippen molar-refractivity contribution in [2.45, 2.75) is 38.6 Å². The van der Waals surface area contributed by atoms with Gasteiger partial charge in [-0.3, -0.25) is 9.69 Å². The van der Waals surface area contributed by atoms with E-state index in [9.17, 15) is 4.79 Å². The molecule has 0 aromatic carbocycles. The summed E-state index contributed by atoms with van der Waals surface area (Å²) in [6.07, 6.45) is 4.62. The molecule has 0 N–H and O–H groups in total. The summed E-state index contributed by atoms with van der Waals surface area (Å²) in [5, 5.41) is 0. The summed E-state index contributed by atoms with van der Waals surface area (Å²) >= 11 is 0. The fourth-order valence-corrected chi connectivity index (χ4v) is 3.15. The molecule has 1 unspecified atom stereocenters. The zero-order chi connectivity index (χ0) is 13.0. The van der Waals surface area contributed by atoms with Crippen LogP contribution in [0.15, 0.2) is 0 Å². The lowest BCUT2D eigenvalue weighted by atomic mass is 9.94. The Morgan fingerprint density at radius 1 is 1.22 bits per heavy atom. The van der Waals surface area contributed by atoms with Gasteiger partial charge in [-0.25, -0.2) is 0 Å². The van der Waals surface area contributed by atoms with E-state index >= 15 is 0 Å². The van der Waals surface area contributed by atoms with Gasteiger partial charge in [0.05, 0.1) is 12.5 Å². The minimum atomic E-state index is 0.00938. The van der Waals surface area contributed by atoms with E-state index in [-0.39, 0.29) is 11.9 Å². The molecule has 0 bridgehead atoms. The van der Waals surface area contributed by atoms with Crippen molar-refractivity contribution in [2.75, 3.05) is 39.8 Å². The number of esters is 1. The highest BCUT2D eigenvalue weighted by Crippen LogP contribution is 2.24. The monoisotopic (exact) mass is 254 g/mol. The van der Waals surface area contributed by atoms with Gasteiger partial charge in [-0.05, 0) is 59.3 Å². The number of carbonyl (C=O) groups excluding carboxylic acids is 1. The number of rotatable bonds is 3. The van der Waals surface area contributed by atoms with E-state index in [4.69, 9.17) is 4.74 Å². The van der Waals surface area contributed by atoms with Gasteiger partial charge in [0.1, 0.15) is 0 Å². The second-order valence-electron chi connectivity index (χ2n) is 5.62. The molecule has 0 aromatic heterocycles. The normalized spacial score (nSPS) is 28.2. The van der Waals surface area contributed by atoms with E-state index in [1.54, 1.807) is 0 Å². The van der Waals surface area contributed by atoms with Crippen LogP contribution in [0, 0.1) is 5.92 Å². The van der Waals surface area contributed by atoms with Crippen molar-refractivity contribution in [2.24, 2.45) is 5.92 Å². The largest absolute Gasteiger partial charge is 0.466 e. The molecule has 104 valence electrons. The van der Waals surface area contributed by atoms with Crippen molar-refractivity contribution in [1.29, 1.82) is 0 Å². The first-order chi connectivity index (χ1) is 8.70. The standard InChI is InChI=1S/C14H26N2O2/c1-3-18-14(17)12-5-4-8-16(11-12)13-6-9-15(2)10-7-13/h12-13H,3-11H2,1-2H3. The van der Waals surface area contributed by atoms with Crippen molar-refractivity contribution in [3.63, 3.8) is 0 Å². The third-order valence-electron chi connectivity index (χ3n) is 4.28. The maximum absolute atomic E-state index is 11.8. The fourth-order valence-electron chi connectivity index (χ4n) is 3.15. The molecule has 4 nitrogen and oxygen atoms in total. The van der Waals surface area contributed by atoms with Gasteiger partial charge in [0, 0.05) is 12.6 Å². The Labute approximate surface area is 110 Å². The SMILES string of the molecule is CCOC(=O)C1CCCN(C2CCN(C)CC2)C1. The van der Waals surface area contributed by atoms with Crippen molar-refractivity contribution >= 4 is 5.97 Å². The average Bonchev–Trinajstić information content (AvgIpc) is 2.40. The number of ether oxygens (including phenoxy) is 1. The first-order valence-electron chi connectivity index (χ1n) is 7.30. The summed E-state index contributed by atoms with van der Waals surface area (Å²) in [6.45, 7) is 6.83. The minimum absolute atomic E-state index is 0.00938. The van der Waals surface area contributed by atoms with Crippen LogP contribution >= 0.6 is 0 Å². The molecule has 0 spiro atoms. The molecule has 0 amide bonds. The molecule has 2 heterocycles. The Morgan fingerprint density at radius 2 is 1.94 bits per heavy atom. The first kappa shape index (κ1) is 13.8. The molecular weight excluding hydrogens is 228 g/mol. The topological polar surface area (TPSA) is 32.8 Å². The summed E-state index contributed by atoms with van der Waals surface area (Å²) in [6, 6.07) is 0.679. The molecule has 18 heavy (non-hydrogen) atoms. The molecule has 0 saturated carbocycles. The van der Waals surface area contributed by atoms with Gasteiger partial charge in [-0.15, -0.1) is 0 Å². The smallest absolute Gasteiger partial charge is 0.310 e. The van der Waals surface area contributed by atoms with Gasteiger partial charge in [0.15, 0.2) is 0 Å². The van der Waals surface area contributed by atoms with Crippen LogP contribution in [0.1, 0.15) is 32.6 Å². The summed E-state index contributed by atoms with van der Waals surface area (Å²) in [5.74, 6) is 0.119. The number of carbonyl (C=O) groups is 1. The van der Waals surface area contributed by atoms with E-state index in [1.807, 2.05) is 6.92 Å². The van der Waals surface area contributed by atoms with Gasteiger partial charge in [0.2, 0.25) is 0 Å². The maximum Gasteiger partial charge on any atom is 0.310 e. The Morgan fingerprint density at radius 3 is 2.61 bits per heavy atom. The maximum atomic E-state index is 11.8. The fraction of sp³-hybridized carbons (Fsp3) is 0.929. The molecule has 0 aliphatic carbocycles. The summed E-state index contributed by atoms with van der Waals surface area (Å²) in [7, 11) is 2.19. The number of hydrogen-bond acceptors (Lipinski definition) is 4. The van der Waals surface area contributed by atoms with Crippen LogP contribution in [-0.2, 0) is 9.53 Å². The van der Waals surface area contributed by atoms with Gasteiger partial charge < -0.3 is 9.64 Å². The Kier molecular flexibility index (Phi) is 5.01. The number of hydrogen-bond donors (Lipinski definition) is 0. The predicted molar refractivity (Wildman–Crippen MR) is 71.4 cm³/mol. The van der Waals surface area contributed by atoms with E-state index in [1.165, 1.54) is 25.9 Å². The summed E-state index contributed by atoms with van der Waals surface area (Å²) < 4.78 is 5.16. The average molecular weight is 254 g/mol. The van der Waals surface area contributed by atoms with Crippen LogP contribution in [0.4, 0.5) is 0 Å². The van der Waals surface area contributed by atoms with E-state index in [0.29, 0.717) is 12.6 Å². The third kappa shape index (κ3) is 3.45. The second kappa shape index (κ2) is 6.53. The highest BCUT2D eigenvalue weighted by atomic mass is 16.5. The van der Waals surface area contributed by atoms with Gasteiger partial charge >= 0.3 is 5.97 Å². The van der Waals surface area contributed by atoms with Crippen LogP contribution in [0.25, 0.3) is 0 Å². The molecule has 0 radical (unpaired) electrons. The van der Waals surface area contributed by atoms with E-state index in [0.717, 1.165) is 25.9 Å². The Balaban J connectivity index is 1.84. The third-order valence-corrected chi connectivity index (χ3v) is 4.28. The van der Waals surface area contributed by atoms with Crippen LogP contribution < -0.4 is 0 Å². The minimum Gasteiger partial charge on any atom is -0.466 e. The molecule has 0 aromatic rings. The molecule has 2 fully saturated rings. The number of piperidine rings is 2. The van der Waals surface area contributed by atoms with Crippen molar-refractivity contribution < 1.29 is 9.53 Å². The first-order valence-corrected chi connectivity index (χ1v) is 7.30. The number of likely N-dealkylation sites (tertiary alicyclic amines) is 2. The number of nitrogens with zero attached hydrogens (tertiary/aromatic N) is 2. The highest BCUT2D eigenvalue weighted by Gasteiger charge is 2.31. The van der Waals surface area contributed by atoms with Gasteiger partial charge in [-0.1, -0.05) is 0 Å². The molecular formula is C14H26N2O2. The predicted octanol–water partition coefficient (Wildman–Crippen LogP) is 1.36. The van der Waals surface area contributed by atoms with Crippen molar-refractivity contribution in [3.8, 4) is 0 Å². The molecule has 2 aliphatic heterocycles. The molecule has 4 heteroatoms. The Bertz CT molecular complexity index is 275.